The third kappa shape index (κ3) is 7.35. The molecule has 0 spiro atoms. The van der Waals surface area contributed by atoms with E-state index in [1.165, 1.54) is 23.5 Å². The van der Waals surface area contributed by atoms with Crippen LogP contribution in [0, 0.1) is 11.2 Å². The molecule has 0 saturated heterocycles. The molecule has 7 nitrogen and oxygen atoms in total. The Kier molecular flexibility index (Phi) is 9.17. The number of carbonyl (C=O) groups is 2. The number of amides is 2. The van der Waals surface area contributed by atoms with Crippen LogP contribution in [0.5, 0.6) is 5.75 Å². The summed E-state index contributed by atoms with van der Waals surface area (Å²) in [5.74, 6) is -0.714. The Morgan fingerprint density at radius 1 is 1.14 bits per heavy atom. The molecule has 0 aliphatic carbocycles. The second-order valence-corrected chi connectivity index (χ2v) is 10.6. The van der Waals surface area contributed by atoms with Crippen LogP contribution in [0.3, 0.4) is 0 Å². The smallest absolute Gasteiger partial charge is 0.250 e. The fraction of sp³-hybridized carbons (Fsp3) is 0.370. The second-order valence-electron chi connectivity index (χ2n) is 9.54. The van der Waals surface area contributed by atoms with E-state index in [4.69, 9.17) is 4.74 Å². The van der Waals surface area contributed by atoms with E-state index in [1.807, 2.05) is 37.3 Å². The average molecular weight is 514 g/mol. The lowest BCUT2D eigenvalue weighted by atomic mass is 9.88. The Morgan fingerprint density at radius 3 is 2.53 bits per heavy atom. The molecule has 2 atom stereocenters. The molecule has 0 aliphatic rings. The minimum absolute atomic E-state index is 0.164. The van der Waals surface area contributed by atoms with Crippen molar-refractivity contribution in [3.05, 3.63) is 66.1 Å². The molecule has 9 heteroatoms. The number of halogens is 1. The summed E-state index contributed by atoms with van der Waals surface area (Å²) in [6.07, 6.45) is 1.43. The lowest BCUT2D eigenvalue weighted by Crippen LogP contribution is -2.50. The fourth-order valence-electron chi connectivity index (χ4n) is 3.45. The molecule has 1 unspecified atom stereocenters. The summed E-state index contributed by atoms with van der Waals surface area (Å²) in [5.41, 5.74) is 0.739. The zero-order chi connectivity index (χ0) is 26.3. The van der Waals surface area contributed by atoms with Gasteiger partial charge in [0.25, 0.3) is 0 Å². The number of aliphatic hydroxyl groups is 1. The molecule has 0 radical (unpaired) electrons. The number of aliphatic hydroxyl groups excluding tert-OH is 1. The molecular weight excluding hydrogens is 481 g/mol. The molecule has 3 rings (SSSR count). The summed E-state index contributed by atoms with van der Waals surface area (Å²) < 4.78 is 19.8. The van der Waals surface area contributed by atoms with Gasteiger partial charge in [-0.25, -0.2) is 9.37 Å². The predicted octanol–water partition coefficient (Wildman–Crippen LogP) is 5.16. The maximum Gasteiger partial charge on any atom is 0.250 e. The third-order valence-corrected chi connectivity index (χ3v) is 6.43. The number of nitrogens with one attached hydrogen (secondary N) is 2. The lowest BCUT2D eigenvalue weighted by Gasteiger charge is -2.26. The summed E-state index contributed by atoms with van der Waals surface area (Å²) >= 11 is 1.24. The van der Waals surface area contributed by atoms with Gasteiger partial charge in [-0.15, -0.1) is 0 Å². The molecule has 0 aliphatic heterocycles. The number of hydrogen-bond donors (Lipinski definition) is 3. The summed E-state index contributed by atoms with van der Waals surface area (Å²) in [6.45, 7) is 7.31. The van der Waals surface area contributed by atoms with Gasteiger partial charge in [0, 0.05) is 17.3 Å². The van der Waals surface area contributed by atoms with Crippen LogP contribution in [0.4, 0.5) is 9.52 Å². The third-order valence-electron chi connectivity index (χ3n) is 5.49. The average Bonchev–Trinajstić information content (AvgIpc) is 3.30. The largest absolute Gasteiger partial charge is 0.489 e. The van der Waals surface area contributed by atoms with Crippen LogP contribution >= 0.6 is 11.3 Å². The summed E-state index contributed by atoms with van der Waals surface area (Å²) in [7, 11) is 0. The van der Waals surface area contributed by atoms with Crippen molar-refractivity contribution >= 4 is 28.3 Å². The number of ether oxygens (including phenoxy) is 1. The van der Waals surface area contributed by atoms with E-state index in [0.717, 1.165) is 10.4 Å². The number of para-hydroxylation sites is 1. The zero-order valence-corrected chi connectivity index (χ0v) is 21.7. The van der Waals surface area contributed by atoms with E-state index in [2.05, 4.69) is 15.6 Å². The predicted molar refractivity (Wildman–Crippen MR) is 139 cm³/mol. The van der Waals surface area contributed by atoms with Gasteiger partial charge in [0.05, 0.1) is 4.88 Å². The first-order valence-corrected chi connectivity index (χ1v) is 12.6. The van der Waals surface area contributed by atoms with Gasteiger partial charge in [-0.05, 0) is 36.1 Å². The quantitative estimate of drug-likeness (QED) is 0.348. The molecular formula is C27H32FN3O4S. The first-order chi connectivity index (χ1) is 17.1. The highest BCUT2D eigenvalue weighted by Gasteiger charge is 2.32. The lowest BCUT2D eigenvalue weighted by molar-refractivity contribution is -0.137. The minimum Gasteiger partial charge on any atom is -0.489 e. The zero-order valence-electron chi connectivity index (χ0n) is 20.9. The SMILES string of the molecule is CCCC(NC(=O)[C@@H](O)C(C)(C)C)C(=O)Nc1ncc(-c2ccc(F)cc2COc2ccccc2)s1. The van der Waals surface area contributed by atoms with Gasteiger partial charge >= 0.3 is 0 Å². The van der Waals surface area contributed by atoms with Gasteiger partial charge in [0.2, 0.25) is 11.8 Å². The molecule has 192 valence electrons. The van der Waals surface area contributed by atoms with Crippen LogP contribution in [0.1, 0.15) is 46.1 Å². The number of hydrogen-bond acceptors (Lipinski definition) is 6. The van der Waals surface area contributed by atoms with E-state index < -0.39 is 29.4 Å². The molecule has 3 N–H and O–H groups in total. The molecule has 0 saturated carbocycles. The van der Waals surface area contributed by atoms with Gasteiger partial charge in [0.15, 0.2) is 5.13 Å². The molecule has 36 heavy (non-hydrogen) atoms. The highest BCUT2D eigenvalue weighted by atomic mass is 32.1. The second kappa shape index (κ2) is 12.1. The molecule has 0 fully saturated rings. The highest BCUT2D eigenvalue weighted by Crippen LogP contribution is 2.33. The Labute approximate surface area is 214 Å². The van der Waals surface area contributed by atoms with E-state index in [9.17, 15) is 19.1 Å². The number of aromatic nitrogens is 1. The van der Waals surface area contributed by atoms with E-state index in [0.29, 0.717) is 29.3 Å². The molecule has 3 aromatic rings. The van der Waals surface area contributed by atoms with Crippen molar-refractivity contribution in [2.75, 3.05) is 5.32 Å². The molecule has 1 aromatic heterocycles. The van der Waals surface area contributed by atoms with E-state index in [-0.39, 0.29) is 12.4 Å². The van der Waals surface area contributed by atoms with Gasteiger partial charge in [-0.1, -0.05) is 69.7 Å². The van der Waals surface area contributed by atoms with Gasteiger partial charge in [0.1, 0.15) is 30.3 Å². The van der Waals surface area contributed by atoms with Crippen LogP contribution in [-0.4, -0.2) is 34.1 Å². The molecule has 0 bridgehead atoms. The number of nitrogens with zero attached hydrogens (tertiary/aromatic N) is 1. The van der Waals surface area contributed by atoms with E-state index in [1.54, 1.807) is 33.0 Å². The van der Waals surface area contributed by atoms with Crippen molar-refractivity contribution in [3.8, 4) is 16.2 Å². The van der Waals surface area contributed by atoms with Crippen molar-refractivity contribution in [1.82, 2.24) is 10.3 Å². The number of thiazole rings is 1. The van der Waals surface area contributed by atoms with Crippen molar-refractivity contribution in [3.63, 3.8) is 0 Å². The first-order valence-electron chi connectivity index (χ1n) is 11.8. The number of anilines is 1. The summed E-state index contributed by atoms with van der Waals surface area (Å²) in [4.78, 5) is 30.4. The fourth-order valence-corrected chi connectivity index (χ4v) is 4.33. The van der Waals surface area contributed by atoms with Crippen LogP contribution in [-0.2, 0) is 16.2 Å². The Balaban J connectivity index is 1.72. The van der Waals surface area contributed by atoms with Crippen LogP contribution < -0.4 is 15.4 Å². The molecule has 2 aromatic carbocycles. The maximum absolute atomic E-state index is 14.0. The normalized spacial score (nSPS) is 13.1. The van der Waals surface area contributed by atoms with Crippen molar-refractivity contribution in [2.45, 2.75) is 59.3 Å². The standard InChI is InChI=1S/C27H32FN3O4S/c1-5-9-21(30-25(34)23(32)27(2,3)4)24(33)31-26-29-15-22(36-26)20-13-12-18(28)14-17(20)16-35-19-10-7-6-8-11-19/h6-8,10-15,21,23,32H,5,9,16H2,1-4H3,(H,30,34)(H,29,31,33)/t21?,23-/m1/s1. The maximum atomic E-state index is 14.0. The molecule has 2 amide bonds. The van der Waals surface area contributed by atoms with Crippen molar-refractivity contribution in [1.29, 1.82) is 0 Å². The Hall–Kier alpha value is -3.30. The first kappa shape index (κ1) is 27.3. The number of benzene rings is 2. The Bertz CT molecular complexity index is 1180. The van der Waals surface area contributed by atoms with Crippen LogP contribution in [0.2, 0.25) is 0 Å². The van der Waals surface area contributed by atoms with Crippen molar-refractivity contribution in [2.24, 2.45) is 5.41 Å². The van der Waals surface area contributed by atoms with Gasteiger partial charge in [-0.3, -0.25) is 9.59 Å². The minimum atomic E-state index is -1.24. The number of rotatable bonds is 10. The number of carbonyl (C=O) groups excluding carboxylic acids is 2. The monoisotopic (exact) mass is 513 g/mol. The summed E-state index contributed by atoms with van der Waals surface area (Å²) in [5, 5.41) is 16.0. The van der Waals surface area contributed by atoms with E-state index >= 15 is 0 Å². The highest BCUT2D eigenvalue weighted by molar-refractivity contribution is 7.19. The topological polar surface area (TPSA) is 101 Å². The molecule has 1 heterocycles. The van der Waals surface area contributed by atoms with Crippen LogP contribution in [0.25, 0.3) is 10.4 Å². The Morgan fingerprint density at radius 2 is 1.86 bits per heavy atom. The summed E-state index contributed by atoms with van der Waals surface area (Å²) in [6, 6.07) is 12.9. The van der Waals surface area contributed by atoms with Gasteiger partial charge < -0.3 is 20.5 Å². The van der Waals surface area contributed by atoms with Crippen molar-refractivity contribution < 1.29 is 23.8 Å². The van der Waals surface area contributed by atoms with Crippen LogP contribution in [0.15, 0.2) is 54.7 Å². The van der Waals surface area contributed by atoms with Gasteiger partial charge in [-0.2, -0.15) is 0 Å².